The van der Waals surface area contributed by atoms with Crippen LogP contribution < -0.4 is 15.2 Å². The van der Waals surface area contributed by atoms with Crippen molar-refractivity contribution in [2.75, 3.05) is 6.79 Å². The summed E-state index contributed by atoms with van der Waals surface area (Å²) in [6.07, 6.45) is 0. The van der Waals surface area contributed by atoms with Crippen LogP contribution in [0.4, 0.5) is 0 Å². The third kappa shape index (κ3) is 1.07. The highest BCUT2D eigenvalue weighted by Gasteiger charge is 2.18. The quantitative estimate of drug-likeness (QED) is 0.797. The summed E-state index contributed by atoms with van der Waals surface area (Å²) in [7, 11) is 0. The van der Waals surface area contributed by atoms with E-state index in [2.05, 4.69) is 15.9 Å². The smallest absolute Gasteiger partial charge is 0.231 e. The van der Waals surface area contributed by atoms with Gasteiger partial charge in [-0.25, -0.2) is 0 Å². The van der Waals surface area contributed by atoms with Crippen molar-refractivity contribution in [1.82, 2.24) is 0 Å². The molecule has 0 spiro atoms. The molecular formula is C8H8BrNO2. The van der Waals surface area contributed by atoms with E-state index in [0.29, 0.717) is 13.3 Å². The predicted octanol–water partition coefficient (Wildman–Crippen LogP) is 1.64. The van der Waals surface area contributed by atoms with Crippen LogP contribution in [0.25, 0.3) is 0 Å². The lowest BCUT2D eigenvalue weighted by Gasteiger charge is -2.03. The van der Waals surface area contributed by atoms with E-state index in [1.54, 1.807) is 0 Å². The molecule has 12 heavy (non-hydrogen) atoms. The Morgan fingerprint density at radius 3 is 3.00 bits per heavy atom. The zero-order chi connectivity index (χ0) is 8.55. The molecule has 0 atom stereocenters. The largest absolute Gasteiger partial charge is 0.454 e. The molecular weight excluding hydrogens is 222 g/mol. The number of hydrogen-bond donors (Lipinski definition) is 1. The van der Waals surface area contributed by atoms with Gasteiger partial charge in [-0.15, -0.1) is 0 Å². The van der Waals surface area contributed by atoms with Crippen molar-refractivity contribution in [3.8, 4) is 11.5 Å². The Morgan fingerprint density at radius 2 is 2.25 bits per heavy atom. The van der Waals surface area contributed by atoms with Crippen LogP contribution in [-0.4, -0.2) is 6.79 Å². The number of hydrogen-bond acceptors (Lipinski definition) is 3. The van der Waals surface area contributed by atoms with Crippen LogP contribution in [0, 0.1) is 0 Å². The number of fused-ring (bicyclic) bond motifs is 1. The number of nitrogens with two attached hydrogens (primary N) is 1. The standard InChI is InChI=1S/C8H8BrNO2/c9-7-5(3-10)1-2-6-8(7)12-4-11-6/h1-2H,3-4,10H2. The second-order valence-corrected chi connectivity index (χ2v) is 3.27. The molecule has 0 unspecified atom stereocenters. The van der Waals surface area contributed by atoms with E-state index in [1.165, 1.54) is 0 Å². The van der Waals surface area contributed by atoms with Gasteiger partial charge in [-0.05, 0) is 27.6 Å². The van der Waals surface area contributed by atoms with Gasteiger partial charge >= 0.3 is 0 Å². The van der Waals surface area contributed by atoms with Crippen molar-refractivity contribution in [3.63, 3.8) is 0 Å². The second kappa shape index (κ2) is 2.95. The summed E-state index contributed by atoms with van der Waals surface area (Å²) in [5, 5.41) is 0. The van der Waals surface area contributed by atoms with Crippen molar-refractivity contribution in [2.45, 2.75) is 6.54 Å². The summed E-state index contributed by atoms with van der Waals surface area (Å²) < 4.78 is 11.3. The fourth-order valence-corrected chi connectivity index (χ4v) is 1.74. The van der Waals surface area contributed by atoms with Crippen LogP contribution in [0.15, 0.2) is 16.6 Å². The molecule has 0 amide bonds. The van der Waals surface area contributed by atoms with Gasteiger partial charge in [-0.1, -0.05) is 6.07 Å². The first-order valence-electron chi connectivity index (χ1n) is 3.60. The topological polar surface area (TPSA) is 44.5 Å². The van der Waals surface area contributed by atoms with Gasteiger partial charge in [0.2, 0.25) is 6.79 Å². The maximum absolute atomic E-state index is 5.52. The van der Waals surface area contributed by atoms with Gasteiger partial charge < -0.3 is 15.2 Å². The highest BCUT2D eigenvalue weighted by molar-refractivity contribution is 9.10. The first-order valence-corrected chi connectivity index (χ1v) is 4.39. The molecule has 2 N–H and O–H groups in total. The van der Waals surface area contributed by atoms with Gasteiger partial charge in [-0.3, -0.25) is 0 Å². The Kier molecular flexibility index (Phi) is 1.94. The molecule has 1 aliphatic heterocycles. The molecule has 4 heteroatoms. The van der Waals surface area contributed by atoms with E-state index in [9.17, 15) is 0 Å². The van der Waals surface area contributed by atoms with Gasteiger partial charge in [-0.2, -0.15) is 0 Å². The lowest BCUT2D eigenvalue weighted by atomic mass is 10.2. The molecule has 0 saturated heterocycles. The molecule has 1 aliphatic rings. The Morgan fingerprint density at radius 1 is 1.42 bits per heavy atom. The van der Waals surface area contributed by atoms with Crippen LogP contribution in [0.3, 0.4) is 0 Å². The average molecular weight is 230 g/mol. The summed E-state index contributed by atoms with van der Waals surface area (Å²) in [6.45, 7) is 0.791. The number of benzene rings is 1. The average Bonchev–Trinajstić information content (AvgIpc) is 2.53. The van der Waals surface area contributed by atoms with E-state index >= 15 is 0 Å². The third-order valence-corrected chi connectivity index (χ3v) is 2.65. The Labute approximate surface area is 78.6 Å². The number of halogens is 1. The van der Waals surface area contributed by atoms with Crippen molar-refractivity contribution >= 4 is 15.9 Å². The fraction of sp³-hybridized carbons (Fsp3) is 0.250. The summed E-state index contributed by atoms with van der Waals surface area (Å²) in [6, 6.07) is 3.80. The van der Waals surface area contributed by atoms with Gasteiger partial charge in [0, 0.05) is 6.54 Å². The minimum absolute atomic E-state index is 0.294. The number of rotatable bonds is 1. The SMILES string of the molecule is NCc1ccc2c(c1Br)OCO2. The summed E-state index contributed by atoms with van der Waals surface area (Å²) >= 11 is 3.41. The highest BCUT2D eigenvalue weighted by atomic mass is 79.9. The van der Waals surface area contributed by atoms with E-state index < -0.39 is 0 Å². The van der Waals surface area contributed by atoms with Crippen molar-refractivity contribution in [1.29, 1.82) is 0 Å². The molecule has 0 aromatic heterocycles. The molecule has 1 aromatic carbocycles. The van der Waals surface area contributed by atoms with Crippen LogP contribution in [0.2, 0.25) is 0 Å². The molecule has 0 fully saturated rings. The van der Waals surface area contributed by atoms with Gasteiger partial charge in [0.05, 0.1) is 4.47 Å². The summed E-state index contributed by atoms with van der Waals surface area (Å²) in [4.78, 5) is 0. The predicted molar refractivity (Wildman–Crippen MR) is 48.2 cm³/mol. The maximum atomic E-state index is 5.52. The zero-order valence-electron chi connectivity index (χ0n) is 6.34. The Bertz CT molecular complexity index is 314. The summed E-state index contributed by atoms with van der Waals surface area (Å²) in [5.74, 6) is 1.54. The van der Waals surface area contributed by atoms with Crippen molar-refractivity contribution in [3.05, 3.63) is 22.2 Å². The van der Waals surface area contributed by atoms with E-state index in [1.807, 2.05) is 12.1 Å². The lowest BCUT2D eigenvalue weighted by molar-refractivity contribution is 0.173. The van der Waals surface area contributed by atoms with Crippen molar-refractivity contribution < 1.29 is 9.47 Å². The van der Waals surface area contributed by atoms with E-state index in [-0.39, 0.29) is 0 Å². The molecule has 2 rings (SSSR count). The second-order valence-electron chi connectivity index (χ2n) is 2.48. The van der Waals surface area contributed by atoms with Crippen LogP contribution in [0.5, 0.6) is 11.5 Å². The minimum Gasteiger partial charge on any atom is -0.454 e. The first-order chi connectivity index (χ1) is 5.83. The number of ether oxygens (including phenoxy) is 2. The Balaban J connectivity index is 2.54. The first kappa shape index (κ1) is 7.89. The molecule has 1 heterocycles. The molecule has 0 bridgehead atoms. The maximum Gasteiger partial charge on any atom is 0.231 e. The molecule has 0 radical (unpaired) electrons. The molecule has 64 valence electrons. The molecule has 0 aliphatic carbocycles. The van der Waals surface area contributed by atoms with Gasteiger partial charge in [0.15, 0.2) is 11.5 Å². The van der Waals surface area contributed by atoms with Crippen LogP contribution >= 0.6 is 15.9 Å². The van der Waals surface area contributed by atoms with E-state index in [4.69, 9.17) is 15.2 Å². The molecule has 1 aromatic rings. The van der Waals surface area contributed by atoms with Crippen LogP contribution in [0.1, 0.15) is 5.56 Å². The monoisotopic (exact) mass is 229 g/mol. The molecule has 0 saturated carbocycles. The fourth-order valence-electron chi connectivity index (χ4n) is 1.14. The molecule has 3 nitrogen and oxygen atoms in total. The third-order valence-electron chi connectivity index (χ3n) is 1.78. The minimum atomic E-state index is 0.294. The van der Waals surface area contributed by atoms with Crippen LogP contribution in [-0.2, 0) is 6.54 Å². The van der Waals surface area contributed by atoms with Crippen molar-refractivity contribution in [2.24, 2.45) is 5.73 Å². The zero-order valence-corrected chi connectivity index (χ0v) is 7.93. The highest BCUT2D eigenvalue weighted by Crippen LogP contribution is 2.40. The van der Waals surface area contributed by atoms with Gasteiger partial charge in [0.25, 0.3) is 0 Å². The van der Waals surface area contributed by atoms with E-state index in [0.717, 1.165) is 21.5 Å². The van der Waals surface area contributed by atoms with Gasteiger partial charge in [0.1, 0.15) is 0 Å². The summed E-state index contributed by atoms with van der Waals surface area (Å²) in [5.41, 5.74) is 6.55. The lowest BCUT2D eigenvalue weighted by Crippen LogP contribution is -1.97. The normalized spacial score (nSPS) is 13.5. The Hall–Kier alpha value is -0.740.